The normalized spacial score (nSPS) is 11.3. The third-order valence-electron chi connectivity index (χ3n) is 5.19. The molecule has 172 valence electrons. The first-order valence-corrected chi connectivity index (χ1v) is 11.2. The van der Waals surface area contributed by atoms with Crippen LogP contribution < -0.4 is 16.0 Å². The Morgan fingerprint density at radius 2 is 1.76 bits per heavy atom. The number of aromatic nitrogens is 4. The maximum Gasteiger partial charge on any atom is 0.332 e. The van der Waals surface area contributed by atoms with Crippen molar-refractivity contribution in [2.45, 2.75) is 33.0 Å². The van der Waals surface area contributed by atoms with E-state index in [1.807, 2.05) is 12.1 Å². The number of benzene rings is 2. The Hall–Kier alpha value is -3.07. The van der Waals surface area contributed by atoms with Gasteiger partial charge in [0.05, 0.1) is 6.54 Å². The van der Waals surface area contributed by atoms with Crippen LogP contribution in [-0.4, -0.2) is 30.4 Å². The van der Waals surface area contributed by atoms with Crippen molar-refractivity contribution in [3.63, 3.8) is 0 Å². The number of aliphatic hydroxyl groups is 1. The van der Waals surface area contributed by atoms with Crippen LogP contribution in [0.5, 0.6) is 11.8 Å². The molecular weight excluding hydrogens is 467 g/mol. The lowest BCUT2D eigenvalue weighted by Crippen LogP contribution is -2.40. The Labute approximate surface area is 199 Å². The standard InChI is InChI=1S/C23H22Cl2N4O4/c1-2-27-20-19(21(31)28(23(27)32)11-4-12-30)29(14-15-7-9-16(24)10-8-15)22(26-20)33-18-6-3-5-17(25)13-18/h3,5-10,13,30H,2,4,11-12,14H2,1H3. The average Bonchev–Trinajstić information content (AvgIpc) is 3.13. The molecule has 2 aromatic carbocycles. The van der Waals surface area contributed by atoms with Crippen molar-refractivity contribution < 1.29 is 9.84 Å². The molecule has 0 bridgehead atoms. The smallest absolute Gasteiger partial charge is 0.332 e. The van der Waals surface area contributed by atoms with Crippen LogP contribution in [-0.2, 0) is 19.6 Å². The van der Waals surface area contributed by atoms with Gasteiger partial charge in [-0.15, -0.1) is 0 Å². The second-order valence-electron chi connectivity index (χ2n) is 7.40. The third-order valence-corrected chi connectivity index (χ3v) is 5.68. The molecular formula is C23H22Cl2N4O4. The molecule has 0 spiro atoms. The van der Waals surface area contributed by atoms with E-state index in [1.165, 1.54) is 4.57 Å². The minimum Gasteiger partial charge on any atom is -0.425 e. The molecule has 0 saturated heterocycles. The highest BCUT2D eigenvalue weighted by atomic mass is 35.5. The number of aryl methyl sites for hydroxylation is 1. The molecule has 0 aliphatic carbocycles. The molecule has 2 heterocycles. The highest BCUT2D eigenvalue weighted by molar-refractivity contribution is 6.30. The number of halogens is 2. The van der Waals surface area contributed by atoms with Crippen LogP contribution in [0.15, 0.2) is 58.1 Å². The zero-order valence-corrected chi connectivity index (χ0v) is 19.4. The monoisotopic (exact) mass is 488 g/mol. The Kier molecular flexibility index (Phi) is 6.88. The highest BCUT2D eigenvalue weighted by Gasteiger charge is 2.22. The fourth-order valence-corrected chi connectivity index (χ4v) is 3.92. The minimum atomic E-state index is -0.490. The van der Waals surface area contributed by atoms with Crippen LogP contribution in [0.25, 0.3) is 11.2 Å². The summed E-state index contributed by atoms with van der Waals surface area (Å²) < 4.78 is 10.2. The SMILES string of the molecule is CCn1c(=O)n(CCCO)c(=O)c2c1nc(Oc1cccc(Cl)c1)n2Cc1ccc(Cl)cc1. The van der Waals surface area contributed by atoms with Gasteiger partial charge in [0.15, 0.2) is 11.2 Å². The van der Waals surface area contributed by atoms with Crippen LogP contribution in [0.3, 0.4) is 0 Å². The molecule has 8 nitrogen and oxygen atoms in total. The molecule has 0 aliphatic heterocycles. The van der Waals surface area contributed by atoms with Crippen molar-refractivity contribution in [2.75, 3.05) is 6.61 Å². The summed E-state index contributed by atoms with van der Waals surface area (Å²) in [4.78, 5) is 30.9. The lowest BCUT2D eigenvalue weighted by atomic mass is 10.2. The summed E-state index contributed by atoms with van der Waals surface area (Å²) in [6.07, 6.45) is 0.279. The molecule has 4 rings (SSSR count). The zero-order chi connectivity index (χ0) is 23.5. The Bertz CT molecular complexity index is 1410. The topological polar surface area (TPSA) is 91.3 Å². The molecule has 10 heteroatoms. The molecule has 33 heavy (non-hydrogen) atoms. The average molecular weight is 489 g/mol. The minimum absolute atomic E-state index is 0.0979. The van der Waals surface area contributed by atoms with Crippen molar-refractivity contribution in [3.05, 3.63) is 85.0 Å². The summed E-state index contributed by atoms with van der Waals surface area (Å²) >= 11 is 12.1. The van der Waals surface area contributed by atoms with Gasteiger partial charge < -0.3 is 9.84 Å². The number of rotatable bonds is 8. The van der Waals surface area contributed by atoms with Crippen molar-refractivity contribution in [2.24, 2.45) is 0 Å². The number of hydrogen-bond donors (Lipinski definition) is 1. The van der Waals surface area contributed by atoms with Gasteiger partial charge in [-0.05, 0) is 49.2 Å². The van der Waals surface area contributed by atoms with E-state index in [-0.39, 0.29) is 43.3 Å². The second kappa shape index (κ2) is 9.82. The van der Waals surface area contributed by atoms with Crippen LogP contribution in [0.2, 0.25) is 10.0 Å². The Morgan fingerprint density at radius 3 is 2.42 bits per heavy atom. The third kappa shape index (κ3) is 4.68. The van der Waals surface area contributed by atoms with E-state index in [2.05, 4.69) is 4.98 Å². The van der Waals surface area contributed by atoms with Gasteiger partial charge in [-0.3, -0.25) is 18.5 Å². The van der Waals surface area contributed by atoms with Gasteiger partial charge in [0.1, 0.15) is 5.75 Å². The maximum absolute atomic E-state index is 13.4. The quantitative estimate of drug-likeness (QED) is 0.405. The van der Waals surface area contributed by atoms with Crippen molar-refractivity contribution in [1.82, 2.24) is 18.7 Å². The van der Waals surface area contributed by atoms with E-state index in [9.17, 15) is 14.7 Å². The molecule has 0 unspecified atom stereocenters. The lowest BCUT2D eigenvalue weighted by Gasteiger charge is -2.12. The van der Waals surface area contributed by atoms with Gasteiger partial charge >= 0.3 is 11.7 Å². The Morgan fingerprint density at radius 1 is 1.00 bits per heavy atom. The summed E-state index contributed by atoms with van der Waals surface area (Å²) in [5.41, 5.74) is 0.370. The molecule has 1 N–H and O–H groups in total. The number of ether oxygens (including phenoxy) is 1. The van der Waals surface area contributed by atoms with E-state index >= 15 is 0 Å². The molecule has 0 atom stereocenters. The van der Waals surface area contributed by atoms with E-state index in [0.717, 1.165) is 10.1 Å². The summed E-state index contributed by atoms with van der Waals surface area (Å²) in [7, 11) is 0. The molecule has 2 aromatic heterocycles. The summed E-state index contributed by atoms with van der Waals surface area (Å²) in [5.74, 6) is 0.446. The number of hydrogen-bond acceptors (Lipinski definition) is 5. The fourth-order valence-electron chi connectivity index (χ4n) is 3.61. The van der Waals surface area contributed by atoms with Gasteiger partial charge in [-0.2, -0.15) is 4.98 Å². The predicted molar refractivity (Wildman–Crippen MR) is 128 cm³/mol. The van der Waals surface area contributed by atoms with Crippen LogP contribution in [0, 0.1) is 0 Å². The molecule has 0 amide bonds. The summed E-state index contributed by atoms with van der Waals surface area (Å²) in [5, 5.41) is 10.3. The summed E-state index contributed by atoms with van der Waals surface area (Å²) in [6.45, 7) is 2.34. The number of nitrogens with zero attached hydrogens (tertiary/aromatic N) is 4. The van der Waals surface area contributed by atoms with Crippen LogP contribution >= 0.6 is 23.2 Å². The summed E-state index contributed by atoms with van der Waals surface area (Å²) in [6, 6.07) is 14.2. The van der Waals surface area contributed by atoms with Gasteiger partial charge in [0, 0.05) is 29.7 Å². The fraction of sp³-hybridized carbons (Fsp3) is 0.261. The molecule has 0 aliphatic rings. The number of fused-ring (bicyclic) bond motifs is 1. The van der Waals surface area contributed by atoms with Gasteiger partial charge in [-0.25, -0.2) is 4.79 Å². The zero-order valence-electron chi connectivity index (χ0n) is 17.9. The van der Waals surface area contributed by atoms with E-state index in [4.69, 9.17) is 27.9 Å². The van der Waals surface area contributed by atoms with Crippen LogP contribution in [0.4, 0.5) is 0 Å². The van der Waals surface area contributed by atoms with Crippen LogP contribution in [0.1, 0.15) is 18.9 Å². The second-order valence-corrected chi connectivity index (χ2v) is 8.27. The molecule has 0 saturated carbocycles. The van der Waals surface area contributed by atoms with E-state index in [1.54, 1.807) is 47.9 Å². The van der Waals surface area contributed by atoms with E-state index in [0.29, 0.717) is 22.3 Å². The Balaban J connectivity index is 1.96. The highest BCUT2D eigenvalue weighted by Crippen LogP contribution is 2.27. The van der Waals surface area contributed by atoms with Crippen molar-refractivity contribution in [1.29, 1.82) is 0 Å². The largest absolute Gasteiger partial charge is 0.425 e. The van der Waals surface area contributed by atoms with Gasteiger partial charge in [-0.1, -0.05) is 41.4 Å². The van der Waals surface area contributed by atoms with Crippen molar-refractivity contribution in [3.8, 4) is 11.8 Å². The van der Waals surface area contributed by atoms with E-state index < -0.39 is 11.2 Å². The molecule has 0 radical (unpaired) electrons. The predicted octanol–water partition coefficient (Wildman–Crippen LogP) is 3.91. The first kappa shape index (κ1) is 23.1. The van der Waals surface area contributed by atoms with Gasteiger partial charge in [0.2, 0.25) is 0 Å². The number of aliphatic hydroxyl groups excluding tert-OH is 1. The number of imidazole rings is 1. The maximum atomic E-state index is 13.4. The first-order chi connectivity index (χ1) is 15.9. The van der Waals surface area contributed by atoms with Gasteiger partial charge in [0.25, 0.3) is 5.56 Å². The molecule has 4 aromatic rings. The molecule has 0 fully saturated rings. The van der Waals surface area contributed by atoms with Crippen molar-refractivity contribution >= 4 is 34.4 Å². The first-order valence-electron chi connectivity index (χ1n) is 10.5. The lowest BCUT2D eigenvalue weighted by molar-refractivity contribution is 0.277.